The molecule has 1 saturated heterocycles. The quantitative estimate of drug-likeness (QED) is 0.920. The lowest BCUT2D eigenvalue weighted by Crippen LogP contribution is -2.49. The molecule has 96 valence electrons. The summed E-state index contributed by atoms with van der Waals surface area (Å²) in [4.78, 5) is 3.51. The van der Waals surface area contributed by atoms with Crippen molar-refractivity contribution in [2.45, 2.75) is 32.0 Å². The number of ether oxygens (including phenoxy) is 1. The van der Waals surface area contributed by atoms with Gasteiger partial charge in [0.1, 0.15) is 0 Å². The molecule has 2 heterocycles. The van der Waals surface area contributed by atoms with Crippen LogP contribution in [-0.4, -0.2) is 36.7 Å². The molecule has 0 saturated carbocycles. The molecule has 0 radical (unpaired) electrons. The van der Waals surface area contributed by atoms with Crippen LogP contribution < -0.4 is 5.73 Å². The molecule has 2 unspecified atom stereocenters. The first kappa shape index (κ1) is 13.3. The first-order valence-corrected chi connectivity index (χ1v) is 7.14. The van der Waals surface area contributed by atoms with E-state index in [-0.39, 0.29) is 12.1 Å². The maximum Gasteiger partial charge on any atom is 0.0931 e. The smallest absolute Gasteiger partial charge is 0.0931 e. The van der Waals surface area contributed by atoms with Crippen LogP contribution in [0.1, 0.15) is 24.8 Å². The second-order valence-electron chi connectivity index (χ2n) is 4.67. The summed E-state index contributed by atoms with van der Waals surface area (Å²) in [7, 11) is 0. The summed E-state index contributed by atoms with van der Waals surface area (Å²) in [6, 6.07) is 4.36. The predicted molar refractivity (Wildman–Crippen MR) is 72.7 cm³/mol. The molecular formula is C12H19ClN2OS. The van der Waals surface area contributed by atoms with E-state index in [1.807, 2.05) is 12.1 Å². The largest absolute Gasteiger partial charge is 0.374 e. The highest BCUT2D eigenvalue weighted by Crippen LogP contribution is 2.29. The van der Waals surface area contributed by atoms with Crippen LogP contribution in [-0.2, 0) is 4.74 Å². The number of nitrogens with zero attached hydrogens (tertiary/aromatic N) is 1. The topological polar surface area (TPSA) is 38.5 Å². The molecule has 0 aromatic carbocycles. The van der Waals surface area contributed by atoms with Crippen LogP contribution in [0.3, 0.4) is 0 Å². The third-order valence-electron chi connectivity index (χ3n) is 3.18. The molecule has 1 aromatic rings. The molecule has 2 rings (SSSR count). The van der Waals surface area contributed by atoms with Gasteiger partial charge in [-0.15, -0.1) is 11.3 Å². The van der Waals surface area contributed by atoms with E-state index in [0.717, 1.165) is 28.9 Å². The Kier molecular flexibility index (Phi) is 4.44. The number of rotatable bonds is 3. The molecule has 2 atom stereocenters. The first-order valence-electron chi connectivity index (χ1n) is 5.94. The van der Waals surface area contributed by atoms with Crippen molar-refractivity contribution >= 4 is 22.9 Å². The monoisotopic (exact) mass is 274 g/mol. The van der Waals surface area contributed by atoms with Gasteiger partial charge in [-0.25, -0.2) is 0 Å². The van der Waals surface area contributed by atoms with Crippen molar-refractivity contribution in [1.82, 2.24) is 4.90 Å². The number of nitrogens with two attached hydrogens (primary N) is 1. The van der Waals surface area contributed by atoms with E-state index in [2.05, 4.69) is 18.7 Å². The van der Waals surface area contributed by atoms with Crippen molar-refractivity contribution in [2.24, 2.45) is 5.73 Å². The van der Waals surface area contributed by atoms with Crippen molar-refractivity contribution in [3.8, 4) is 0 Å². The van der Waals surface area contributed by atoms with E-state index in [0.29, 0.717) is 6.04 Å². The van der Waals surface area contributed by atoms with Crippen LogP contribution in [0.4, 0.5) is 0 Å². The second kappa shape index (κ2) is 5.67. The molecule has 3 nitrogen and oxygen atoms in total. The van der Waals surface area contributed by atoms with E-state index in [1.54, 1.807) is 11.3 Å². The van der Waals surface area contributed by atoms with Crippen LogP contribution in [0, 0.1) is 0 Å². The Balaban J connectivity index is 2.02. The first-order chi connectivity index (χ1) is 8.08. The van der Waals surface area contributed by atoms with Gasteiger partial charge in [0.05, 0.1) is 23.1 Å². The average Bonchev–Trinajstić information content (AvgIpc) is 2.75. The minimum Gasteiger partial charge on any atom is -0.374 e. The zero-order chi connectivity index (χ0) is 12.4. The third-order valence-corrected chi connectivity index (χ3v) is 4.51. The van der Waals surface area contributed by atoms with Crippen molar-refractivity contribution in [3.05, 3.63) is 21.3 Å². The Morgan fingerprint density at radius 2 is 2.29 bits per heavy atom. The Morgan fingerprint density at radius 1 is 1.53 bits per heavy atom. The highest BCUT2D eigenvalue weighted by atomic mass is 35.5. The van der Waals surface area contributed by atoms with E-state index >= 15 is 0 Å². The summed E-state index contributed by atoms with van der Waals surface area (Å²) in [6.45, 7) is 7.06. The van der Waals surface area contributed by atoms with E-state index < -0.39 is 0 Å². The van der Waals surface area contributed by atoms with Crippen molar-refractivity contribution < 1.29 is 4.74 Å². The van der Waals surface area contributed by atoms with Crippen molar-refractivity contribution in [3.63, 3.8) is 0 Å². The average molecular weight is 275 g/mol. The highest BCUT2D eigenvalue weighted by molar-refractivity contribution is 7.16. The fraction of sp³-hybridized carbons (Fsp3) is 0.667. The van der Waals surface area contributed by atoms with E-state index in [4.69, 9.17) is 22.1 Å². The highest BCUT2D eigenvalue weighted by Gasteiger charge is 2.28. The van der Waals surface area contributed by atoms with Crippen LogP contribution in [0.25, 0.3) is 0 Å². The fourth-order valence-corrected chi connectivity index (χ4v) is 3.19. The molecule has 1 aliphatic heterocycles. The van der Waals surface area contributed by atoms with Gasteiger partial charge >= 0.3 is 0 Å². The molecule has 0 spiro atoms. The summed E-state index contributed by atoms with van der Waals surface area (Å²) in [5.41, 5.74) is 6.25. The Morgan fingerprint density at radius 3 is 2.88 bits per heavy atom. The van der Waals surface area contributed by atoms with Crippen LogP contribution in [0.15, 0.2) is 12.1 Å². The number of morpholine rings is 1. The number of hydrogen-bond donors (Lipinski definition) is 1. The lowest BCUT2D eigenvalue weighted by Gasteiger charge is -2.37. The van der Waals surface area contributed by atoms with Crippen LogP contribution in [0.2, 0.25) is 4.34 Å². The lowest BCUT2D eigenvalue weighted by atomic mass is 10.1. The minimum absolute atomic E-state index is 0.0702. The minimum atomic E-state index is -0.0750. The summed E-state index contributed by atoms with van der Waals surface area (Å²) in [5.74, 6) is 0. The molecule has 2 N–H and O–H groups in total. The molecule has 17 heavy (non-hydrogen) atoms. The second-order valence-corrected chi connectivity index (χ2v) is 6.41. The van der Waals surface area contributed by atoms with Gasteiger partial charge < -0.3 is 10.5 Å². The van der Waals surface area contributed by atoms with Crippen LogP contribution in [0.5, 0.6) is 0 Å². The maximum absolute atomic E-state index is 6.25. The number of hydrogen-bond acceptors (Lipinski definition) is 4. The van der Waals surface area contributed by atoms with Gasteiger partial charge in [0.2, 0.25) is 0 Å². The molecule has 0 bridgehead atoms. The van der Waals surface area contributed by atoms with Crippen molar-refractivity contribution in [1.29, 1.82) is 0 Å². The third kappa shape index (κ3) is 3.20. The summed E-state index contributed by atoms with van der Waals surface area (Å²) in [6.07, 6.45) is 0.0702. The van der Waals surface area contributed by atoms with E-state index in [9.17, 15) is 0 Å². The van der Waals surface area contributed by atoms with Gasteiger partial charge in [-0.2, -0.15) is 0 Å². The fourth-order valence-electron chi connectivity index (χ4n) is 2.07. The molecular weight excluding hydrogens is 256 g/mol. The maximum atomic E-state index is 6.25. The summed E-state index contributed by atoms with van der Waals surface area (Å²) in [5, 5.41) is 0. The standard InChI is InChI=1S/C12H19ClN2OS/c1-8(2)15-5-6-16-9(7-15)12(14)10-3-4-11(13)17-10/h3-4,8-9,12H,5-7,14H2,1-2H3. The number of halogens is 1. The van der Waals surface area contributed by atoms with Gasteiger partial charge in [0, 0.05) is 24.0 Å². The molecule has 1 aromatic heterocycles. The van der Waals surface area contributed by atoms with Crippen LogP contribution >= 0.6 is 22.9 Å². The predicted octanol–water partition coefficient (Wildman–Crippen LogP) is 2.51. The molecule has 0 aliphatic carbocycles. The molecule has 1 aliphatic rings. The summed E-state index contributed by atoms with van der Waals surface area (Å²) < 4.78 is 6.56. The lowest BCUT2D eigenvalue weighted by molar-refractivity contribution is -0.0497. The Hall–Kier alpha value is -0.130. The molecule has 0 amide bonds. The zero-order valence-corrected chi connectivity index (χ0v) is 11.8. The van der Waals surface area contributed by atoms with Gasteiger partial charge in [-0.3, -0.25) is 4.90 Å². The van der Waals surface area contributed by atoms with Gasteiger partial charge in [-0.05, 0) is 26.0 Å². The van der Waals surface area contributed by atoms with Gasteiger partial charge in [0.25, 0.3) is 0 Å². The summed E-state index contributed by atoms with van der Waals surface area (Å²) >= 11 is 7.48. The normalized spacial score (nSPS) is 24.2. The Bertz CT molecular complexity index is 369. The van der Waals surface area contributed by atoms with E-state index in [1.165, 1.54) is 0 Å². The van der Waals surface area contributed by atoms with Gasteiger partial charge in [0.15, 0.2) is 0 Å². The Labute approximate surface area is 112 Å². The zero-order valence-electron chi connectivity index (χ0n) is 10.2. The molecule has 1 fully saturated rings. The number of thiophene rings is 1. The van der Waals surface area contributed by atoms with Crippen molar-refractivity contribution in [2.75, 3.05) is 19.7 Å². The SMILES string of the molecule is CC(C)N1CCOC(C(N)c2ccc(Cl)s2)C1. The molecule has 5 heteroatoms. The van der Waals surface area contributed by atoms with Gasteiger partial charge in [-0.1, -0.05) is 11.6 Å².